The first-order valence-electron chi connectivity index (χ1n) is 10.9. The molecule has 0 aromatic heterocycles. The van der Waals surface area contributed by atoms with Crippen LogP contribution in [0, 0.1) is 5.92 Å². The zero-order valence-electron chi connectivity index (χ0n) is 19.1. The van der Waals surface area contributed by atoms with Crippen LogP contribution in [0.2, 0.25) is 0 Å². The second-order valence-corrected chi connectivity index (χ2v) is 7.61. The summed E-state index contributed by atoms with van der Waals surface area (Å²) in [7, 11) is 2.35. The fourth-order valence-corrected chi connectivity index (χ4v) is 3.50. The Morgan fingerprint density at radius 3 is 2.12 bits per heavy atom. The summed E-state index contributed by atoms with van der Waals surface area (Å²) in [5, 5.41) is 7.56. The van der Waals surface area contributed by atoms with Crippen LogP contribution in [0.5, 0.6) is 11.5 Å². The number of benzene rings is 2. The van der Waals surface area contributed by atoms with Gasteiger partial charge in [0.05, 0.1) is 25.6 Å². The minimum Gasteiger partial charge on any atom is -0.457 e. The zero-order valence-corrected chi connectivity index (χ0v) is 19.1. The number of hydrogen-bond acceptors (Lipinski definition) is 7. The average molecular weight is 469 g/mol. The number of alkyl carbamates (subject to hydrolysis) is 2. The van der Waals surface area contributed by atoms with Crippen molar-refractivity contribution >= 4 is 35.4 Å². The second kappa shape index (κ2) is 12.2. The van der Waals surface area contributed by atoms with Crippen LogP contribution in [-0.4, -0.2) is 38.3 Å². The summed E-state index contributed by atoms with van der Waals surface area (Å²) in [6.45, 7) is 0. The third kappa shape index (κ3) is 7.22. The molecule has 1 fully saturated rings. The number of nitrogens with zero attached hydrogens (tertiary/aromatic N) is 1. The van der Waals surface area contributed by atoms with E-state index in [0.717, 1.165) is 32.1 Å². The van der Waals surface area contributed by atoms with Crippen molar-refractivity contribution in [3.8, 4) is 11.5 Å². The molecular weight excluding hydrogens is 440 g/mol. The lowest BCUT2D eigenvalue weighted by molar-refractivity contribution is -0.120. The number of methoxy groups -OCH3 is 2. The van der Waals surface area contributed by atoms with Gasteiger partial charge in [-0.05, 0) is 37.1 Å². The van der Waals surface area contributed by atoms with Crippen LogP contribution in [0.4, 0.5) is 21.0 Å². The predicted octanol–water partition coefficient (Wildman–Crippen LogP) is 4.70. The molecule has 3 amide bonds. The average Bonchev–Trinajstić information content (AvgIpc) is 2.86. The van der Waals surface area contributed by atoms with Crippen LogP contribution in [0.25, 0.3) is 0 Å². The lowest BCUT2D eigenvalue weighted by Crippen LogP contribution is -2.43. The Bertz CT molecular complexity index is 1020. The molecule has 3 N–H and O–H groups in total. The smallest absolute Gasteiger partial charge is 0.413 e. The third-order valence-corrected chi connectivity index (χ3v) is 5.22. The molecular formula is C24H28N4O6. The molecule has 0 bridgehead atoms. The van der Waals surface area contributed by atoms with Gasteiger partial charge in [0.15, 0.2) is 0 Å². The molecule has 0 unspecified atom stereocenters. The number of para-hydroxylation sites is 1. The first-order valence-corrected chi connectivity index (χ1v) is 10.9. The highest BCUT2D eigenvalue weighted by Crippen LogP contribution is 2.33. The van der Waals surface area contributed by atoms with Gasteiger partial charge < -0.3 is 19.5 Å². The molecule has 0 spiro atoms. The Morgan fingerprint density at radius 1 is 0.853 bits per heavy atom. The van der Waals surface area contributed by atoms with E-state index in [1.807, 2.05) is 30.3 Å². The number of amides is 3. The van der Waals surface area contributed by atoms with E-state index >= 15 is 0 Å². The molecule has 2 aromatic carbocycles. The molecule has 0 aliphatic heterocycles. The molecule has 180 valence electrons. The van der Waals surface area contributed by atoms with Gasteiger partial charge in [0.2, 0.25) is 11.9 Å². The number of nitrogens with one attached hydrogen (secondary N) is 3. The Labute approximate surface area is 197 Å². The van der Waals surface area contributed by atoms with Gasteiger partial charge in [-0.3, -0.25) is 15.4 Å². The largest absolute Gasteiger partial charge is 0.457 e. The third-order valence-electron chi connectivity index (χ3n) is 5.22. The molecule has 0 radical (unpaired) electrons. The number of hydrogen-bond donors (Lipinski definition) is 3. The van der Waals surface area contributed by atoms with Crippen molar-refractivity contribution in [2.75, 3.05) is 19.5 Å². The first-order chi connectivity index (χ1) is 16.5. The molecule has 1 aliphatic rings. The summed E-state index contributed by atoms with van der Waals surface area (Å²) in [6.07, 6.45) is 3.11. The van der Waals surface area contributed by atoms with Gasteiger partial charge >= 0.3 is 12.2 Å². The molecule has 10 nitrogen and oxygen atoms in total. The number of guanidine groups is 1. The molecule has 0 saturated heterocycles. The lowest BCUT2D eigenvalue weighted by atomic mass is 9.88. The molecule has 2 aromatic rings. The molecule has 3 rings (SSSR count). The SMILES string of the molecule is COC(=O)NC(=Nc1ccc(Oc2ccccc2)cc1NC(=O)C1CCCCC1)NC(=O)OC. The summed E-state index contributed by atoms with van der Waals surface area (Å²) in [5.41, 5.74) is 0.646. The minimum absolute atomic E-state index is 0.0925. The Balaban J connectivity index is 1.93. The van der Waals surface area contributed by atoms with Crippen molar-refractivity contribution in [3.63, 3.8) is 0 Å². The molecule has 1 aliphatic carbocycles. The number of aliphatic imine (C=N–C) groups is 1. The summed E-state index contributed by atoms with van der Waals surface area (Å²) >= 11 is 0. The second-order valence-electron chi connectivity index (χ2n) is 7.61. The van der Waals surface area contributed by atoms with Crippen LogP contribution >= 0.6 is 0 Å². The van der Waals surface area contributed by atoms with Crippen molar-refractivity contribution in [1.82, 2.24) is 10.6 Å². The van der Waals surface area contributed by atoms with Gasteiger partial charge in [0.25, 0.3) is 0 Å². The van der Waals surface area contributed by atoms with Gasteiger partial charge in [-0.15, -0.1) is 0 Å². The predicted molar refractivity (Wildman–Crippen MR) is 126 cm³/mol. The van der Waals surface area contributed by atoms with Crippen LogP contribution in [0.3, 0.4) is 0 Å². The highest BCUT2D eigenvalue weighted by molar-refractivity contribution is 6.03. The van der Waals surface area contributed by atoms with Gasteiger partial charge in [0.1, 0.15) is 11.5 Å². The van der Waals surface area contributed by atoms with Crippen molar-refractivity contribution in [2.45, 2.75) is 32.1 Å². The first kappa shape index (κ1) is 24.6. The maximum absolute atomic E-state index is 12.9. The Morgan fingerprint density at radius 2 is 1.50 bits per heavy atom. The fourth-order valence-electron chi connectivity index (χ4n) is 3.50. The van der Waals surface area contributed by atoms with Gasteiger partial charge in [0, 0.05) is 12.0 Å². The Hall–Kier alpha value is -4.08. The summed E-state index contributed by atoms with van der Waals surface area (Å²) in [4.78, 5) is 40.7. The van der Waals surface area contributed by atoms with E-state index < -0.39 is 12.2 Å². The lowest BCUT2D eigenvalue weighted by Gasteiger charge is -2.21. The molecule has 10 heteroatoms. The van der Waals surface area contributed by atoms with E-state index in [9.17, 15) is 14.4 Å². The number of carbonyl (C=O) groups is 3. The van der Waals surface area contributed by atoms with Gasteiger partial charge in [-0.1, -0.05) is 37.5 Å². The number of rotatable bonds is 5. The highest BCUT2D eigenvalue weighted by Gasteiger charge is 2.22. The normalized spacial score (nSPS) is 13.2. The van der Waals surface area contributed by atoms with E-state index in [1.165, 1.54) is 14.2 Å². The molecule has 1 saturated carbocycles. The monoisotopic (exact) mass is 468 g/mol. The summed E-state index contributed by atoms with van der Waals surface area (Å²) < 4.78 is 15.1. The molecule has 0 atom stereocenters. The number of carbonyl (C=O) groups excluding carboxylic acids is 3. The molecule has 34 heavy (non-hydrogen) atoms. The van der Waals surface area contributed by atoms with Gasteiger partial charge in [-0.25, -0.2) is 14.6 Å². The van der Waals surface area contributed by atoms with E-state index in [-0.39, 0.29) is 23.5 Å². The van der Waals surface area contributed by atoms with Crippen LogP contribution in [-0.2, 0) is 14.3 Å². The topological polar surface area (TPSA) is 127 Å². The molecule has 0 heterocycles. The minimum atomic E-state index is -0.841. The maximum Gasteiger partial charge on any atom is 0.413 e. The van der Waals surface area contributed by atoms with Crippen molar-refractivity contribution in [3.05, 3.63) is 48.5 Å². The van der Waals surface area contributed by atoms with Crippen LogP contribution in [0.1, 0.15) is 32.1 Å². The number of anilines is 1. The zero-order chi connectivity index (χ0) is 24.3. The van der Waals surface area contributed by atoms with Crippen LogP contribution < -0.4 is 20.7 Å². The Kier molecular flexibility index (Phi) is 8.84. The van der Waals surface area contributed by atoms with E-state index in [2.05, 4.69) is 30.4 Å². The van der Waals surface area contributed by atoms with E-state index in [1.54, 1.807) is 18.2 Å². The highest BCUT2D eigenvalue weighted by atomic mass is 16.5. The summed E-state index contributed by atoms with van der Waals surface area (Å²) in [6, 6.07) is 14.1. The maximum atomic E-state index is 12.9. The standard InChI is InChI=1S/C24H28N4O6/c1-32-23(30)27-22(28-24(31)33-2)26-19-14-13-18(34-17-11-7-4-8-12-17)15-20(19)25-21(29)16-9-5-3-6-10-16/h4,7-8,11-16H,3,5-6,9-10H2,1-2H3,(H,25,29)(H2,26,27,28,30,31). The van der Waals surface area contributed by atoms with Crippen molar-refractivity contribution in [1.29, 1.82) is 0 Å². The fraction of sp³-hybridized carbons (Fsp3) is 0.333. The quantitative estimate of drug-likeness (QED) is 0.431. The van der Waals surface area contributed by atoms with Crippen LogP contribution in [0.15, 0.2) is 53.5 Å². The number of ether oxygens (including phenoxy) is 3. The van der Waals surface area contributed by atoms with Crippen molar-refractivity contribution in [2.24, 2.45) is 10.9 Å². The van der Waals surface area contributed by atoms with E-state index in [4.69, 9.17) is 4.74 Å². The van der Waals surface area contributed by atoms with Gasteiger partial charge in [-0.2, -0.15) is 0 Å². The van der Waals surface area contributed by atoms with Crippen molar-refractivity contribution < 1.29 is 28.6 Å². The summed E-state index contributed by atoms with van der Waals surface area (Å²) in [5.74, 6) is 0.668. The van der Waals surface area contributed by atoms with E-state index in [0.29, 0.717) is 17.2 Å².